The quantitative estimate of drug-likeness (QED) is 0.445. The molecule has 6 nitrogen and oxygen atoms in total. The van der Waals surface area contributed by atoms with Crippen LogP contribution in [0.1, 0.15) is 18.1 Å². The number of halogens is 1. The molecule has 3 N–H and O–H groups in total. The molecular weight excluding hydrogens is 376 g/mol. The van der Waals surface area contributed by atoms with Crippen LogP contribution in [0.25, 0.3) is 0 Å². The zero-order valence-corrected chi connectivity index (χ0v) is 17.1. The second-order valence-corrected chi connectivity index (χ2v) is 6.50. The van der Waals surface area contributed by atoms with Crippen molar-refractivity contribution in [2.75, 3.05) is 26.7 Å². The van der Waals surface area contributed by atoms with Crippen LogP contribution < -0.4 is 20.7 Å². The van der Waals surface area contributed by atoms with Crippen LogP contribution in [0, 0.1) is 0 Å². The SMILES string of the molecule is CCNC(=NCC(=O)NCc1ccc(OC)cc1)NCCc1ccccc1Cl. The molecule has 0 aromatic heterocycles. The van der Waals surface area contributed by atoms with Crippen LogP contribution in [0.4, 0.5) is 0 Å². The standard InChI is InChI=1S/C21H27ClN4O2/c1-3-23-21(24-13-12-17-6-4-5-7-19(17)22)26-15-20(27)25-14-16-8-10-18(28-2)11-9-16/h4-11H,3,12-15H2,1-2H3,(H,25,27)(H2,23,24,26). The molecule has 0 aliphatic heterocycles. The molecule has 0 heterocycles. The summed E-state index contributed by atoms with van der Waals surface area (Å²) < 4.78 is 5.12. The lowest BCUT2D eigenvalue weighted by Gasteiger charge is -2.12. The Morgan fingerprint density at radius 1 is 1.07 bits per heavy atom. The zero-order valence-electron chi connectivity index (χ0n) is 16.3. The topological polar surface area (TPSA) is 74.8 Å². The molecule has 150 valence electrons. The van der Waals surface area contributed by atoms with Crippen molar-refractivity contribution in [3.05, 3.63) is 64.7 Å². The lowest BCUT2D eigenvalue weighted by molar-refractivity contribution is -0.119. The molecule has 2 aromatic carbocycles. The summed E-state index contributed by atoms with van der Waals surface area (Å²) in [6, 6.07) is 15.3. The Labute approximate surface area is 171 Å². The van der Waals surface area contributed by atoms with E-state index in [0.29, 0.717) is 25.6 Å². The molecule has 0 fully saturated rings. The van der Waals surface area contributed by atoms with Gasteiger partial charge in [-0.15, -0.1) is 0 Å². The number of guanidine groups is 1. The third kappa shape index (κ3) is 7.48. The van der Waals surface area contributed by atoms with Crippen molar-refractivity contribution in [3.8, 4) is 5.75 Å². The molecule has 28 heavy (non-hydrogen) atoms. The molecule has 2 aromatic rings. The molecule has 0 saturated heterocycles. The zero-order chi connectivity index (χ0) is 20.2. The number of aliphatic imine (C=N–C) groups is 1. The van der Waals surface area contributed by atoms with Gasteiger partial charge in [-0.05, 0) is 42.7 Å². The number of carbonyl (C=O) groups is 1. The van der Waals surface area contributed by atoms with Crippen LogP contribution in [0.3, 0.4) is 0 Å². The van der Waals surface area contributed by atoms with Crippen LogP contribution in [0.2, 0.25) is 5.02 Å². The minimum absolute atomic E-state index is 0.0532. The van der Waals surface area contributed by atoms with Gasteiger partial charge in [-0.2, -0.15) is 0 Å². The van der Waals surface area contributed by atoms with Gasteiger partial charge in [0.1, 0.15) is 12.3 Å². The van der Waals surface area contributed by atoms with Crippen molar-refractivity contribution in [1.82, 2.24) is 16.0 Å². The fourth-order valence-electron chi connectivity index (χ4n) is 2.51. The predicted molar refractivity (Wildman–Crippen MR) is 114 cm³/mol. The third-order valence-electron chi connectivity index (χ3n) is 4.02. The van der Waals surface area contributed by atoms with E-state index in [4.69, 9.17) is 16.3 Å². The van der Waals surface area contributed by atoms with Crippen LogP contribution >= 0.6 is 11.6 Å². The summed E-state index contributed by atoms with van der Waals surface area (Å²) in [5.41, 5.74) is 2.08. The Morgan fingerprint density at radius 3 is 2.50 bits per heavy atom. The molecule has 2 rings (SSSR count). The highest BCUT2D eigenvalue weighted by Crippen LogP contribution is 2.14. The Balaban J connectivity index is 1.78. The Bertz CT molecular complexity index is 778. The maximum atomic E-state index is 12.1. The number of ether oxygens (including phenoxy) is 1. The second kappa shape index (κ2) is 11.9. The minimum atomic E-state index is -0.140. The number of carbonyl (C=O) groups excluding carboxylic acids is 1. The maximum Gasteiger partial charge on any atom is 0.242 e. The van der Waals surface area contributed by atoms with E-state index in [2.05, 4.69) is 20.9 Å². The van der Waals surface area contributed by atoms with Crippen molar-refractivity contribution in [2.45, 2.75) is 19.9 Å². The van der Waals surface area contributed by atoms with Crippen LogP contribution in [-0.2, 0) is 17.8 Å². The van der Waals surface area contributed by atoms with E-state index in [9.17, 15) is 4.79 Å². The van der Waals surface area contributed by atoms with Gasteiger partial charge < -0.3 is 20.7 Å². The van der Waals surface area contributed by atoms with E-state index in [1.54, 1.807) is 7.11 Å². The summed E-state index contributed by atoms with van der Waals surface area (Å²) in [6.07, 6.45) is 0.772. The van der Waals surface area contributed by atoms with E-state index in [1.807, 2.05) is 55.5 Å². The number of methoxy groups -OCH3 is 1. The highest BCUT2D eigenvalue weighted by Gasteiger charge is 2.04. The number of nitrogens with one attached hydrogen (secondary N) is 3. The number of amides is 1. The summed E-state index contributed by atoms with van der Waals surface area (Å²) in [6.45, 7) is 3.87. The van der Waals surface area contributed by atoms with Gasteiger partial charge in [-0.1, -0.05) is 41.9 Å². The van der Waals surface area contributed by atoms with Gasteiger partial charge in [-0.3, -0.25) is 4.79 Å². The maximum absolute atomic E-state index is 12.1. The first-order valence-corrected chi connectivity index (χ1v) is 9.65. The lowest BCUT2D eigenvalue weighted by atomic mass is 10.1. The highest BCUT2D eigenvalue weighted by molar-refractivity contribution is 6.31. The molecule has 0 radical (unpaired) electrons. The van der Waals surface area contributed by atoms with Gasteiger partial charge in [0.15, 0.2) is 5.96 Å². The second-order valence-electron chi connectivity index (χ2n) is 6.09. The van der Waals surface area contributed by atoms with Crippen LogP contribution in [0.5, 0.6) is 5.75 Å². The molecule has 0 aliphatic rings. The lowest BCUT2D eigenvalue weighted by Crippen LogP contribution is -2.39. The average Bonchev–Trinajstić information content (AvgIpc) is 2.72. The van der Waals surface area contributed by atoms with Gasteiger partial charge in [-0.25, -0.2) is 4.99 Å². The summed E-state index contributed by atoms with van der Waals surface area (Å²) in [4.78, 5) is 16.4. The van der Waals surface area contributed by atoms with E-state index < -0.39 is 0 Å². The van der Waals surface area contributed by atoms with Gasteiger partial charge in [0, 0.05) is 24.7 Å². The first kappa shape index (κ1) is 21.6. The Hall–Kier alpha value is -2.73. The summed E-state index contributed by atoms with van der Waals surface area (Å²) in [5.74, 6) is 1.26. The summed E-state index contributed by atoms with van der Waals surface area (Å²) >= 11 is 6.17. The van der Waals surface area contributed by atoms with E-state index >= 15 is 0 Å². The van der Waals surface area contributed by atoms with Crippen molar-refractivity contribution in [1.29, 1.82) is 0 Å². The summed E-state index contributed by atoms with van der Waals surface area (Å²) in [7, 11) is 1.62. The predicted octanol–water partition coefficient (Wildman–Crippen LogP) is 2.76. The molecule has 0 saturated carbocycles. The van der Waals surface area contributed by atoms with Crippen molar-refractivity contribution in [3.63, 3.8) is 0 Å². The number of nitrogens with zero attached hydrogens (tertiary/aromatic N) is 1. The fraction of sp³-hybridized carbons (Fsp3) is 0.333. The molecular formula is C21H27ClN4O2. The molecule has 0 aliphatic carbocycles. The van der Waals surface area contributed by atoms with Gasteiger partial charge in [0.05, 0.1) is 7.11 Å². The van der Waals surface area contributed by atoms with Gasteiger partial charge >= 0.3 is 0 Å². The number of hydrogen-bond acceptors (Lipinski definition) is 3. The van der Waals surface area contributed by atoms with Crippen molar-refractivity contribution in [2.24, 2.45) is 4.99 Å². The van der Waals surface area contributed by atoms with E-state index in [0.717, 1.165) is 28.3 Å². The van der Waals surface area contributed by atoms with E-state index in [1.165, 1.54) is 0 Å². The van der Waals surface area contributed by atoms with E-state index in [-0.39, 0.29) is 12.5 Å². The molecule has 0 atom stereocenters. The molecule has 0 spiro atoms. The van der Waals surface area contributed by atoms with Crippen molar-refractivity contribution < 1.29 is 9.53 Å². The van der Waals surface area contributed by atoms with Gasteiger partial charge in [0.2, 0.25) is 5.91 Å². The smallest absolute Gasteiger partial charge is 0.242 e. The monoisotopic (exact) mass is 402 g/mol. The Morgan fingerprint density at radius 2 is 1.82 bits per heavy atom. The molecule has 7 heteroatoms. The highest BCUT2D eigenvalue weighted by atomic mass is 35.5. The first-order chi connectivity index (χ1) is 13.6. The fourth-order valence-corrected chi connectivity index (χ4v) is 2.74. The number of rotatable bonds is 9. The van der Waals surface area contributed by atoms with Crippen LogP contribution in [-0.4, -0.2) is 38.6 Å². The Kier molecular flexibility index (Phi) is 9.15. The van der Waals surface area contributed by atoms with Gasteiger partial charge in [0.25, 0.3) is 0 Å². The molecule has 0 bridgehead atoms. The van der Waals surface area contributed by atoms with Crippen LogP contribution in [0.15, 0.2) is 53.5 Å². The summed E-state index contributed by atoms with van der Waals surface area (Å²) in [5, 5.41) is 9.98. The van der Waals surface area contributed by atoms with Crippen molar-refractivity contribution >= 4 is 23.5 Å². The third-order valence-corrected chi connectivity index (χ3v) is 4.39. The number of benzene rings is 2. The average molecular weight is 403 g/mol. The molecule has 0 unspecified atom stereocenters. The normalized spacial score (nSPS) is 11.0. The molecule has 1 amide bonds. The minimum Gasteiger partial charge on any atom is -0.497 e. The first-order valence-electron chi connectivity index (χ1n) is 9.27. The number of hydrogen-bond donors (Lipinski definition) is 3. The largest absolute Gasteiger partial charge is 0.497 e.